The molecule has 18 heavy (non-hydrogen) atoms. The lowest BCUT2D eigenvalue weighted by Gasteiger charge is -2.10. The molecule has 1 aromatic carbocycles. The normalized spacial score (nSPS) is 12.4. The van der Waals surface area contributed by atoms with Crippen LogP contribution in [0.3, 0.4) is 0 Å². The summed E-state index contributed by atoms with van der Waals surface area (Å²) in [5.41, 5.74) is 2.24. The molecule has 0 saturated heterocycles. The van der Waals surface area contributed by atoms with Gasteiger partial charge in [0.2, 0.25) is 0 Å². The summed E-state index contributed by atoms with van der Waals surface area (Å²) >= 11 is 6.40. The van der Waals surface area contributed by atoms with Crippen molar-refractivity contribution in [2.24, 2.45) is 7.05 Å². The van der Waals surface area contributed by atoms with Crippen molar-refractivity contribution in [1.82, 2.24) is 9.78 Å². The number of benzene rings is 1. The molecule has 0 bridgehead atoms. The van der Waals surface area contributed by atoms with Crippen LogP contribution in [0.1, 0.15) is 23.1 Å². The maximum atomic E-state index is 6.40. The highest BCUT2D eigenvalue weighted by atomic mass is 35.5. The minimum atomic E-state index is 0.0193. The Hall–Kier alpha value is -1.48. The van der Waals surface area contributed by atoms with Crippen molar-refractivity contribution in [3.63, 3.8) is 0 Å². The molecular formula is C14H17ClN2O. The average molecular weight is 265 g/mol. The predicted molar refractivity (Wildman–Crippen MR) is 73.1 cm³/mol. The third-order valence-electron chi connectivity index (χ3n) is 3.04. The lowest BCUT2D eigenvalue weighted by Crippen LogP contribution is -2.02. The van der Waals surface area contributed by atoms with Crippen molar-refractivity contribution in [2.75, 3.05) is 7.11 Å². The molecule has 1 aromatic heterocycles. The second-order valence-corrected chi connectivity index (χ2v) is 4.73. The summed E-state index contributed by atoms with van der Waals surface area (Å²) in [4.78, 5) is 0. The van der Waals surface area contributed by atoms with E-state index in [4.69, 9.17) is 16.3 Å². The Morgan fingerprint density at radius 2 is 2.06 bits per heavy atom. The van der Waals surface area contributed by atoms with Gasteiger partial charge in [0.25, 0.3) is 0 Å². The van der Waals surface area contributed by atoms with Crippen LogP contribution in [0.4, 0.5) is 0 Å². The first kappa shape index (κ1) is 13.0. The van der Waals surface area contributed by atoms with E-state index in [2.05, 4.69) is 17.2 Å². The molecule has 2 aromatic rings. The van der Waals surface area contributed by atoms with Gasteiger partial charge in [0.05, 0.1) is 24.4 Å². The number of methoxy groups -OCH3 is 1. The molecule has 0 saturated carbocycles. The molecule has 0 fully saturated rings. The van der Waals surface area contributed by atoms with Crippen molar-refractivity contribution in [1.29, 1.82) is 0 Å². The van der Waals surface area contributed by atoms with Crippen molar-refractivity contribution < 1.29 is 4.74 Å². The van der Waals surface area contributed by atoms with Gasteiger partial charge in [0.15, 0.2) is 5.75 Å². The molecule has 0 aliphatic carbocycles. The Morgan fingerprint density at radius 3 is 2.72 bits per heavy atom. The van der Waals surface area contributed by atoms with Crippen LogP contribution in [0.5, 0.6) is 5.75 Å². The Bertz CT molecular complexity index is 496. The topological polar surface area (TPSA) is 27.1 Å². The van der Waals surface area contributed by atoms with Crippen LogP contribution in [-0.2, 0) is 13.5 Å². The molecule has 0 aliphatic heterocycles. The first-order valence-electron chi connectivity index (χ1n) is 5.96. The van der Waals surface area contributed by atoms with E-state index in [1.54, 1.807) is 13.3 Å². The summed E-state index contributed by atoms with van der Waals surface area (Å²) in [5, 5.41) is 4.21. The van der Waals surface area contributed by atoms with E-state index in [9.17, 15) is 0 Å². The number of ether oxygens (including phenoxy) is 1. The number of rotatable bonds is 5. The van der Waals surface area contributed by atoms with Gasteiger partial charge in [-0.05, 0) is 18.4 Å². The quantitative estimate of drug-likeness (QED) is 0.775. The maximum absolute atomic E-state index is 6.40. The Labute approximate surface area is 112 Å². The molecule has 0 radical (unpaired) electrons. The molecule has 0 aliphatic rings. The minimum Gasteiger partial charge on any atom is -0.493 e. The number of nitrogens with zero attached hydrogens (tertiary/aromatic N) is 2. The first-order valence-corrected chi connectivity index (χ1v) is 6.40. The van der Waals surface area contributed by atoms with Crippen LogP contribution in [0.15, 0.2) is 36.5 Å². The number of halogens is 1. The summed E-state index contributed by atoms with van der Waals surface area (Å²) in [6.45, 7) is 0. The van der Waals surface area contributed by atoms with Crippen LogP contribution < -0.4 is 4.74 Å². The predicted octanol–water partition coefficient (Wildman–Crippen LogP) is 3.34. The maximum Gasteiger partial charge on any atom is 0.159 e. The van der Waals surface area contributed by atoms with Crippen molar-refractivity contribution >= 4 is 11.6 Å². The number of hydrogen-bond donors (Lipinski definition) is 0. The number of aromatic nitrogens is 2. The van der Waals surface area contributed by atoms with E-state index >= 15 is 0 Å². The fraction of sp³-hybridized carbons (Fsp3) is 0.357. The zero-order chi connectivity index (χ0) is 13.0. The second kappa shape index (κ2) is 5.91. The van der Waals surface area contributed by atoms with Gasteiger partial charge in [-0.1, -0.05) is 30.3 Å². The summed E-state index contributed by atoms with van der Waals surface area (Å²) in [7, 11) is 3.58. The van der Waals surface area contributed by atoms with Crippen molar-refractivity contribution in [2.45, 2.75) is 18.2 Å². The molecule has 1 unspecified atom stereocenters. The van der Waals surface area contributed by atoms with Crippen LogP contribution in [0, 0.1) is 0 Å². The van der Waals surface area contributed by atoms with E-state index in [-0.39, 0.29) is 5.38 Å². The van der Waals surface area contributed by atoms with E-state index < -0.39 is 0 Å². The number of hydrogen-bond acceptors (Lipinski definition) is 2. The van der Waals surface area contributed by atoms with E-state index in [1.165, 1.54) is 0 Å². The van der Waals surface area contributed by atoms with E-state index in [1.807, 2.05) is 29.9 Å². The zero-order valence-electron chi connectivity index (χ0n) is 10.6. The largest absolute Gasteiger partial charge is 0.493 e. The van der Waals surface area contributed by atoms with Gasteiger partial charge in [-0.3, -0.25) is 4.68 Å². The highest BCUT2D eigenvalue weighted by Crippen LogP contribution is 2.27. The lowest BCUT2D eigenvalue weighted by atomic mass is 10.1. The van der Waals surface area contributed by atoms with Crippen LogP contribution in [0.25, 0.3) is 0 Å². The zero-order valence-corrected chi connectivity index (χ0v) is 11.4. The summed E-state index contributed by atoms with van der Waals surface area (Å²) in [6.07, 6.45) is 3.45. The fourth-order valence-electron chi connectivity index (χ4n) is 1.99. The molecule has 4 heteroatoms. The lowest BCUT2D eigenvalue weighted by molar-refractivity contribution is 0.407. The van der Waals surface area contributed by atoms with Crippen LogP contribution in [0.2, 0.25) is 0 Å². The van der Waals surface area contributed by atoms with Crippen molar-refractivity contribution in [3.05, 3.63) is 47.8 Å². The molecule has 1 atom stereocenters. The third kappa shape index (κ3) is 2.85. The summed E-state index contributed by atoms with van der Waals surface area (Å²) in [6, 6.07) is 10.1. The standard InChI is InChI=1S/C14H17ClN2O/c1-17-13(14(18-2)10-16-17)9-8-12(15)11-6-4-3-5-7-11/h3-7,10,12H,8-9H2,1-2H3. The Morgan fingerprint density at radius 1 is 1.33 bits per heavy atom. The van der Waals surface area contributed by atoms with Gasteiger partial charge in [-0.15, -0.1) is 11.6 Å². The van der Waals surface area contributed by atoms with Gasteiger partial charge in [-0.2, -0.15) is 5.10 Å². The minimum absolute atomic E-state index is 0.0193. The SMILES string of the molecule is COc1cnn(C)c1CCC(Cl)c1ccccc1. The summed E-state index contributed by atoms with van der Waals surface area (Å²) < 4.78 is 7.12. The van der Waals surface area contributed by atoms with Crippen LogP contribution >= 0.6 is 11.6 Å². The van der Waals surface area contributed by atoms with Gasteiger partial charge in [0.1, 0.15) is 0 Å². The van der Waals surface area contributed by atoms with Crippen molar-refractivity contribution in [3.8, 4) is 5.75 Å². The van der Waals surface area contributed by atoms with Gasteiger partial charge >= 0.3 is 0 Å². The number of aryl methyl sites for hydroxylation is 1. The molecule has 0 spiro atoms. The second-order valence-electron chi connectivity index (χ2n) is 4.20. The van der Waals surface area contributed by atoms with Gasteiger partial charge in [-0.25, -0.2) is 0 Å². The molecule has 1 heterocycles. The highest BCUT2D eigenvalue weighted by molar-refractivity contribution is 6.20. The fourth-order valence-corrected chi connectivity index (χ4v) is 2.24. The molecular weight excluding hydrogens is 248 g/mol. The molecule has 2 rings (SSSR count). The summed E-state index contributed by atoms with van der Waals surface area (Å²) in [5.74, 6) is 0.828. The molecule has 0 amide bonds. The molecule has 96 valence electrons. The molecule has 3 nitrogen and oxygen atoms in total. The Balaban J connectivity index is 2.01. The van der Waals surface area contributed by atoms with Crippen LogP contribution in [-0.4, -0.2) is 16.9 Å². The average Bonchev–Trinajstić information content (AvgIpc) is 2.77. The number of alkyl halides is 1. The van der Waals surface area contributed by atoms with E-state index in [0.29, 0.717) is 0 Å². The smallest absolute Gasteiger partial charge is 0.159 e. The first-order chi connectivity index (χ1) is 8.72. The monoisotopic (exact) mass is 264 g/mol. The van der Waals surface area contributed by atoms with Gasteiger partial charge in [0, 0.05) is 7.05 Å². The third-order valence-corrected chi connectivity index (χ3v) is 3.51. The van der Waals surface area contributed by atoms with Gasteiger partial charge < -0.3 is 4.74 Å². The highest BCUT2D eigenvalue weighted by Gasteiger charge is 2.13. The Kier molecular flexibility index (Phi) is 4.26. The molecule has 0 N–H and O–H groups in total. The van der Waals surface area contributed by atoms with E-state index in [0.717, 1.165) is 29.8 Å².